The molecule has 0 saturated carbocycles. The first-order chi connectivity index (χ1) is 18.0. The van der Waals surface area contributed by atoms with E-state index in [1.165, 1.54) is 6.92 Å². The quantitative estimate of drug-likeness (QED) is 0.0894. The van der Waals surface area contributed by atoms with E-state index in [4.69, 9.17) is 11.5 Å². The highest BCUT2D eigenvalue weighted by Gasteiger charge is 2.31. The molecule has 0 heterocycles. The van der Waals surface area contributed by atoms with Crippen molar-refractivity contribution in [3.63, 3.8) is 0 Å². The van der Waals surface area contributed by atoms with E-state index in [0.29, 0.717) is 24.9 Å². The van der Waals surface area contributed by atoms with E-state index in [1.54, 1.807) is 30.3 Å². The smallest absolute Gasteiger partial charge is 0.326 e. The Morgan fingerprint density at radius 1 is 0.763 bits per heavy atom. The number of benzene rings is 1. The summed E-state index contributed by atoms with van der Waals surface area (Å²) < 4.78 is 0. The summed E-state index contributed by atoms with van der Waals surface area (Å²) in [5.74, 6) is -4.65. The van der Waals surface area contributed by atoms with Crippen molar-refractivity contribution in [3.05, 3.63) is 35.9 Å². The SMILES string of the molecule is C[C@H](N)C(=O)N[C@@H](CO)C(=O)N[C@@H](CO)C(=O)N[C@@H](Cc1ccccc1)C(=O)N[C@@H](CCCCN)C(=O)O. The Hall–Kier alpha value is -3.59. The van der Waals surface area contributed by atoms with E-state index < -0.39 is 73.0 Å². The minimum Gasteiger partial charge on any atom is -0.480 e. The molecule has 1 aromatic carbocycles. The standard InChI is InChI=1S/C24H38N6O8/c1-14(26)20(33)29-18(12-31)23(36)30-19(13-32)22(35)28-17(11-15-7-3-2-4-8-15)21(34)27-16(24(37)38)9-5-6-10-25/h2-4,7-8,14,16-19,31-32H,5-6,9-13,25-26H2,1H3,(H,27,34)(H,28,35)(H,29,33)(H,30,36)(H,37,38)/t14-,16-,17-,18-,19-/m0/s1. The first kappa shape index (κ1) is 32.4. The molecule has 1 rings (SSSR count). The zero-order valence-corrected chi connectivity index (χ0v) is 21.3. The van der Waals surface area contributed by atoms with Crippen LogP contribution in [0, 0.1) is 0 Å². The van der Waals surface area contributed by atoms with Gasteiger partial charge in [-0.15, -0.1) is 0 Å². The molecule has 4 amide bonds. The summed E-state index contributed by atoms with van der Waals surface area (Å²) in [7, 11) is 0. The van der Waals surface area contributed by atoms with Gasteiger partial charge >= 0.3 is 5.97 Å². The van der Waals surface area contributed by atoms with Gasteiger partial charge in [-0.25, -0.2) is 4.79 Å². The Bertz CT molecular complexity index is 930. The van der Waals surface area contributed by atoms with Crippen LogP contribution < -0.4 is 32.7 Å². The lowest BCUT2D eigenvalue weighted by Gasteiger charge is -2.25. The molecular formula is C24H38N6O8. The first-order valence-electron chi connectivity index (χ1n) is 12.2. The first-order valence-corrected chi connectivity index (χ1v) is 12.2. The summed E-state index contributed by atoms with van der Waals surface area (Å²) in [6, 6.07) is 2.21. The molecule has 14 heteroatoms. The highest BCUT2D eigenvalue weighted by atomic mass is 16.4. The fourth-order valence-electron chi connectivity index (χ4n) is 3.32. The lowest BCUT2D eigenvalue weighted by Crippen LogP contribution is -2.60. The van der Waals surface area contributed by atoms with Gasteiger partial charge < -0.3 is 48.1 Å². The number of aliphatic hydroxyl groups is 2. The van der Waals surface area contributed by atoms with E-state index in [0.717, 1.165) is 0 Å². The van der Waals surface area contributed by atoms with Crippen molar-refractivity contribution in [3.8, 4) is 0 Å². The average Bonchev–Trinajstić information content (AvgIpc) is 2.89. The van der Waals surface area contributed by atoms with Crippen molar-refractivity contribution in [1.29, 1.82) is 0 Å². The number of hydrogen-bond donors (Lipinski definition) is 9. The molecule has 0 saturated heterocycles. The van der Waals surface area contributed by atoms with Crippen LogP contribution in [-0.2, 0) is 30.4 Å². The number of amides is 4. The van der Waals surface area contributed by atoms with Crippen LogP contribution in [0.1, 0.15) is 31.7 Å². The zero-order chi connectivity index (χ0) is 28.7. The fraction of sp³-hybridized carbons (Fsp3) is 0.542. The van der Waals surface area contributed by atoms with Gasteiger partial charge in [-0.2, -0.15) is 0 Å². The second-order valence-electron chi connectivity index (χ2n) is 8.71. The third-order valence-electron chi connectivity index (χ3n) is 5.52. The van der Waals surface area contributed by atoms with Crippen molar-refractivity contribution in [2.24, 2.45) is 11.5 Å². The highest BCUT2D eigenvalue weighted by molar-refractivity contribution is 5.95. The van der Waals surface area contributed by atoms with Crippen LogP contribution in [-0.4, -0.2) is 94.9 Å². The van der Waals surface area contributed by atoms with Gasteiger partial charge in [-0.3, -0.25) is 19.2 Å². The number of carbonyl (C=O) groups is 5. The van der Waals surface area contributed by atoms with Crippen molar-refractivity contribution < 1.29 is 39.3 Å². The number of nitrogens with two attached hydrogens (primary N) is 2. The summed E-state index contributed by atoms with van der Waals surface area (Å²) in [6.45, 7) is 0.0708. The minimum absolute atomic E-state index is 0.0106. The number of nitrogens with one attached hydrogen (secondary N) is 4. The summed E-state index contributed by atoms with van der Waals surface area (Å²) in [4.78, 5) is 61.9. The van der Waals surface area contributed by atoms with Gasteiger partial charge in [0, 0.05) is 6.42 Å². The second kappa shape index (κ2) is 17.0. The van der Waals surface area contributed by atoms with Crippen molar-refractivity contribution in [2.75, 3.05) is 19.8 Å². The molecule has 14 nitrogen and oxygen atoms in total. The normalized spacial score (nSPS) is 14.8. The van der Waals surface area contributed by atoms with Crippen LogP contribution >= 0.6 is 0 Å². The third-order valence-corrected chi connectivity index (χ3v) is 5.52. The van der Waals surface area contributed by atoms with Gasteiger partial charge in [0.05, 0.1) is 19.3 Å². The number of carboxylic acids is 1. The predicted octanol–water partition coefficient (Wildman–Crippen LogP) is -3.29. The van der Waals surface area contributed by atoms with Gasteiger partial charge in [0.15, 0.2) is 0 Å². The second-order valence-corrected chi connectivity index (χ2v) is 8.71. The van der Waals surface area contributed by atoms with E-state index >= 15 is 0 Å². The predicted molar refractivity (Wildman–Crippen MR) is 136 cm³/mol. The van der Waals surface area contributed by atoms with E-state index in [-0.39, 0.29) is 12.8 Å². The topological polar surface area (TPSA) is 246 Å². The lowest BCUT2D eigenvalue weighted by atomic mass is 10.0. The van der Waals surface area contributed by atoms with Crippen molar-refractivity contribution in [1.82, 2.24) is 21.3 Å². The van der Waals surface area contributed by atoms with Crippen molar-refractivity contribution in [2.45, 2.75) is 62.8 Å². The minimum atomic E-state index is -1.55. The Labute approximate surface area is 220 Å². The van der Waals surface area contributed by atoms with E-state index in [9.17, 15) is 39.3 Å². The van der Waals surface area contributed by atoms with Crippen LogP contribution in [0.25, 0.3) is 0 Å². The average molecular weight is 539 g/mol. The molecule has 0 unspecified atom stereocenters. The van der Waals surface area contributed by atoms with E-state index in [1.807, 2.05) is 0 Å². The third kappa shape index (κ3) is 11.2. The molecular weight excluding hydrogens is 500 g/mol. The number of carboxylic acid groups (broad SMARTS) is 1. The van der Waals surface area contributed by atoms with Crippen LogP contribution in [0.5, 0.6) is 0 Å². The maximum absolute atomic E-state index is 13.0. The Morgan fingerprint density at radius 2 is 1.24 bits per heavy atom. The maximum atomic E-state index is 13.0. The van der Waals surface area contributed by atoms with Crippen LogP contribution in [0.2, 0.25) is 0 Å². The summed E-state index contributed by atoms with van der Waals surface area (Å²) >= 11 is 0. The van der Waals surface area contributed by atoms with Gasteiger partial charge in [0.2, 0.25) is 23.6 Å². The number of carbonyl (C=O) groups excluding carboxylic acids is 4. The molecule has 38 heavy (non-hydrogen) atoms. The van der Waals surface area contributed by atoms with Gasteiger partial charge in [0.1, 0.15) is 24.2 Å². The number of aliphatic hydroxyl groups excluding tert-OH is 2. The number of rotatable bonds is 17. The Morgan fingerprint density at radius 3 is 1.71 bits per heavy atom. The van der Waals surface area contributed by atoms with Gasteiger partial charge in [-0.1, -0.05) is 30.3 Å². The van der Waals surface area contributed by atoms with E-state index in [2.05, 4.69) is 21.3 Å². The molecule has 0 bridgehead atoms. The molecule has 0 radical (unpaired) electrons. The summed E-state index contributed by atoms with van der Waals surface area (Å²) in [5.41, 5.74) is 11.5. The zero-order valence-electron chi connectivity index (χ0n) is 21.3. The lowest BCUT2D eigenvalue weighted by molar-refractivity contribution is -0.142. The Kier molecular flexibility index (Phi) is 14.5. The van der Waals surface area contributed by atoms with Gasteiger partial charge in [0.25, 0.3) is 0 Å². The van der Waals surface area contributed by atoms with Crippen LogP contribution in [0.15, 0.2) is 30.3 Å². The monoisotopic (exact) mass is 538 g/mol. The van der Waals surface area contributed by atoms with Crippen molar-refractivity contribution >= 4 is 29.6 Å². The maximum Gasteiger partial charge on any atom is 0.326 e. The molecule has 0 fully saturated rings. The molecule has 11 N–H and O–H groups in total. The highest BCUT2D eigenvalue weighted by Crippen LogP contribution is 2.07. The number of hydrogen-bond acceptors (Lipinski definition) is 9. The summed E-state index contributed by atoms with van der Waals surface area (Å²) in [5, 5.41) is 38.0. The van der Waals surface area contributed by atoms with Crippen LogP contribution in [0.3, 0.4) is 0 Å². The molecule has 1 aromatic rings. The summed E-state index contributed by atoms with van der Waals surface area (Å²) in [6.07, 6.45) is 1.16. The van der Waals surface area contributed by atoms with Gasteiger partial charge in [-0.05, 0) is 38.3 Å². The van der Waals surface area contributed by atoms with Crippen LogP contribution in [0.4, 0.5) is 0 Å². The fourth-order valence-corrected chi connectivity index (χ4v) is 3.32. The molecule has 0 spiro atoms. The number of aliphatic carboxylic acids is 1. The molecule has 0 aliphatic heterocycles. The molecule has 0 aliphatic rings. The number of unbranched alkanes of at least 4 members (excludes halogenated alkanes) is 1. The molecule has 0 aliphatic carbocycles. The Balaban J connectivity index is 3.02. The molecule has 0 aromatic heterocycles. The largest absolute Gasteiger partial charge is 0.480 e. The molecule has 212 valence electrons. The molecule has 5 atom stereocenters.